The standard InChI is InChI=1S/C43H84NO7P/c1-3-5-7-9-11-13-15-17-19-20-21-23-25-27-29-31-33-35-38-48-40-42(41-50-52(46,47)49-39-37-44)51-43(45)36-34-32-30-28-26-24-22-18-16-14-12-10-8-6-4-2/h17-19,22,42H,3-16,20-21,23-41,44H2,1-2H3,(H,46,47)/b19-17-,22-18-. The van der Waals surface area contributed by atoms with Gasteiger partial charge in [0.2, 0.25) is 0 Å². The summed E-state index contributed by atoms with van der Waals surface area (Å²) in [4.78, 5) is 22.5. The lowest BCUT2D eigenvalue weighted by atomic mass is 10.1. The zero-order valence-electron chi connectivity index (χ0n) is 34.1. The Morgan fingerprint density at radius 2 is 0.962 bits per heavy atom. The Balaban J connectivity index is 4.02. The Morgan fingerprint density at radius 3 is 1.40 bits per heavy atom. The molecule has 0 spiro atoms. The fourth-order valence-corrected chi connectivity index (χ4v) is 6.87. The number of allylic oxidation sites excluding steroid dienone is 4. The molecule has 2 atom stereocenters. The molecule has 3 N–H and O–H groups in total. The third-order valence-corrected chi connectivity index (χ3v) is 10.3. The lowest BCUT2D eigenvalue weighted by Gasteiger charge is -2.20. The van der Waals surface area contributed by atoms with Crippen LogP contribution in [0.3, 0.4) is 0 Å². The van der Waals surface area contributed by atoms with Crippen LogP contribution in [0.2, 0.25) is 0 Å². The summed E-state index contributed by atoms with van der Waals surface area (Å²) in [5.41, 5.74) is 5.37. The van der Waals surface area contributed by atoms with Gasteiger partial charge in [-0.05, 0) is 64.2 Å². The average molecular weight is 758 g/mol. The minimum absolute atomic E-state index is 0.0963. The molecule has 0 heterocycles. The minimum atomic E-state index is -4.28. The Kier molecular flexibility index (Phi) is 40.3. The summed E-state index contributed by atoms with van der Waals surface area (Å²) in [6, 6.07) is 0. The van der Waals surface area contributed by atoms with E-state index >= 15 is 0 Å². The third kappa shape index (κ3) is 40.2. The van der Waals surface area contributed by atoms with E-state index in [2.05, 4.69) is 38.2 Å². The first-order valence-electron chi connectivity index (χ1n) is 21.8. The predicted molar refractivity (Wildman–Crippen MR) is 220 cm³/mol. The molecule has 0 aromatic heterocycles. The molecule has 308 valence electrons. The minimum Gasteiger partial charge on any atom is -0.457 e. The summed E-state index contributed by atoms with van der Waals surface area (Å²) in [5.74, 6) is -0.338. The molecule has 0 aliphatic carbocycles. The summed E-state index contributed by atoms with van der Waals surface area (Å²) < 4.78 is 33.4. The van der Waals surface area contributed by atoms with Gasteiger partial charge >= 0.3 is 13.8 Å². The van der Waals surface area contributed by atoms with E-state index in [0.717, 1.165) is 44.9 Å². The van der Waals surface area contributed by atoms with Gasteiger partial charge in [-0.3, -0.25) is 13.8 Å². The Labute approximate surface area is 321 Å². The monoisotopic (exact) mass is 758 g/mol. The normalized spacial score (nSPS) is 13.7. The van der Waals surface area contributed by atoms with Crippen LogP contribution in [-0.2, 0) is 27.9 Å². The highest BCUT2D eigenvalue weighted by Crippen LogP contribution is 2.43. The van der Waals surface area contributed by atoms with Crippen LogP contribution in [0.4, 0.5) is 0 Å². The van der Waals surface area contributed by atoms with Crippen LogP contribution in [0.5, 0.6) is 0 Å². The number of ether oxygens (including phenoxy) is 2. The molecule has 52 heavy (non-hydrogen) atoms. The van der Waals surface area contributed by atoms with E-state index in [-0.39, 0.29) is 32.3 Å². The largest absolute Gasteiger partial charge is 0.472 e. The maximum Gasteiger partial charge on any atom is 0.472 e. The number of esters is 1. The molecule has 0 fully saturated rings. The second-order valence-electron chi connectivity index (χ2n) is 14.6. The maximum atomic E-state index is 12.6. The van der Waals surface area contributed by atoms with Gasteiger partial charge in [0.1, 0.15) is 6.10 Å². The van der Waals surface area contributed by atoms with Crippen LogP contribution in [-0.4, -0.2) is 49.9 Å². The van der Waals surface area contributed by atoms with Gasteiger partial charge in [-0.2, -0.15) is 0 Å². The number of hydrogen-bond donors (Lipinski definition) is 2. The molecule has 0 amide bonds. The smallest absolute Gasteiger partial charge is 0.457 e. The van der Waals surface area contributed by atoms with Crippen molar-refractivity contribution in [2.45, 2.75) is 213 Å². The first-order valence-corrected chi connectivity index (χ1v) is 23.3. The summed E-state index contributed by atoms with van der Waals surface area (Å²) in [5, 5.41) is 0. The van der Waals surface area contributed by atoms with E-state index in [0.29, 0.717) is 13.0 Å². The van der Waals surface area contributed by atoms with Gasteiger partial charge in [0.05, 0.1) is 19.8 Å². The van der Waals surface area contributed by atoms with E-state index < -0.39 is 13.9 Å². The summed E-state index contributed by atoms with van der Waals surface area (Å²) >= 11 is 0. The molecule has 0 rings (SSSR count). The van der Waals surface area contributed by atoms with Gasteiger partial charge in [0.25, 0.3) is 0 Å². The third-order valence-electron chi connectivity index (χ3n) is 9.34. The SMILES string of the molecule is CCCCCCCC/C=C\CCCCCCCCCCOCC(COP(=O)(O)OCCN)OC(=O)CCCCCCC/C=C\CCCCCCCC. The Bertz CT molecular complexity index is 853. The van der Waals surface area contributed by atoms with Crippen LogP contribution in [0.1, 0.15) is 206 Å². The lowest BCUT2D eigenvalue weighted by molar-refractivity contribution is -0.154. The van der Waals surface area contributed by atoms with Crippen LogP contribution in [0.25, 0.3) is 0 Å². The van der Waals surface area contributed by atoms with Crippen molar-refractivity contribution >= 4 is 13.8 Å². The van der Waals surface area contributed by atoms with E-state index in [4.69, 9.17) is 24.3 Å². The van der Waals surface area contributed by atoms with Crippen molar-refractivity contribution in [1.29, 1.82) is 0 Å². The quantitative estimate of drug-likeness (QED) is 0.0273. The van der Waals surface area contributed by atoms with E-state index in [1.54, 1.807) is 0 Å². The zero-order chi connectivity index (χ0) is 38.1. The molecule has 0 aromatic rings. The highest BCUT2D eigenvalue weighted by molar-refractivity contribution is 7.47. The predicted octanol–water partition coefficient (Wildman–Crippen LogP) is 12.9. The number of hydrogen-bond acceptors (Lipinski definition) is 7. The highest BCUT2D eigenvalue weighted by Gasteiger charge is 2.25. The first kappa shape index (κ1) is 51.0. The van der Waals surface area contributed by atoms with Gasteiger partial charge < -0.3 is 20.1 Å². The number of carbonyl (C=O) groups is 1. The fourth-order valence-electron chi connectivity index (χ4n) is 6.10. The molecule has 0 saturated carbocycles. The van der Waals surface area contributed by atoms with E-state index in [1.807, 2.05) is 0 Å². The van der Waals surface area contributed by atoms with Gasteiger partial charge in [0, 0.05) is 19.6 Å². The van der Waals surface area contributed by atoms with Gasteiger partial charge in [0.15, 0.2) is 0 Å². The molecule has 0 bridgehead atoms. The lowest BCUT2D eigenvalue weighted by Crippen LogP contribution is -2.28. The maximum absolute atomic E-state index is 12.6. The van der Waals surface area contributed by atoms with Crippen molar-refractivity contribution in [3.05, 3.63) is 24.3 Å². The zero-order valence-corrected chi connectivity index (χ0v) is 35.0. The molecule has 0 aliphatic rings. The van der Waals surface area contributed by atoms with Crippen molar-refractivity contribution in [2.24, 2.45) is 5.73 Å². The fraction of sp³-hybridized carbons (Fsp3) is 0.884. The topological polar surface area (TPSA) is 117 Å². The molecular weight excluding hydrogens is 673 g/mol. The van der Waals surface area contributed by atoms with Gasteiger partial charge in [-0.1, -0.05) is 160 Å². The average Bonchev–Trinajstić information content (AvgIpc) is 3.13. The Morgan fingerprint density at radius 1 is 0.558 bits per heavy atom. The molecule has 2 unspecified atom stereocenters. The summed E-state index contributed by atoms with van der Waals surface area (Å²) in [6.45, 7) is 4.92. The first-order chi connectivity index (χ1) is 25.4. The number of phosphoric acid groups is 1. The van der Waals surface area contributed by atoms with E-state index in [1.165, 1.54) is 141 Å². The van der Waals surface area contributed by atoms with Crippen molar-refractivity contribution in [2.75, 3.05) is 33.0 Å². The molecule has 8 nitrogen and oxygen atoms in total. The van der Waals surface area contributed by atoms with Gasteiger partial charge in [-0.15, -0.1) is 0 Å². The molecule has 0 aromatic carbocycles. The second kappa shape index (κ2) is 41.1. The van der Waals surface area contributed by atoms with Crippen LogP contribution < -0.4 is 5.73 Å². The second-order valence-corrected chi connectivity index (χ2v) is 16.0. The van der Waals surface area contributed by atoms with Crippen LogP contribution in [0.15, 0.2) is 24.3 Å². The number of rotatable bonds is 42. The number of carbonyl (C=O) groups excluding carboxylic acids is 1. The molecule has 0 radical (unpaired) electrons. The molecule has 0 aliphatic heterocycles. The van der Waals surface area contributed by atoms with Crippen molar-refractivity contribution in [1.82, 2.24) is 0 Å². The molecule has 0 saturated heterocycles. The number of phosphoric ester groups is 1. The molecule has 9 heteroatoms. The van der Waals surface area contributed by atoms with Gasteiger partial charge in [-0.25, -0.2) is 4.57 Å². The molecular formula is C43H84NO7P. The highest BCUT2D eigenvalue weighted by atomic mass is 31.2. The number of nitrogens with two attached hydrogens (primary N) is 1. The Hall–Kier alpha value is -1.02. The van der Waals surface area contributed by atoms with Crippen LogP contribution >= 0.6 is 7.82 Å². The number of unbranched alkanes of at least 4 members (excludes halogenated alkanes) is 25. The summed E-state index contributed by atoms with van der Waals surface area (Å²) in [6.07, 6.45) is 44.8. The van der Waals surface area contributed by atoms with Crippen LogP contribution in [0, 0.1) is 0 Å². The van der Waals surface area contributed by atoms with Crippen molar-refractivity contribution in [3.63, 3.8) is 0 Å². The van der Waals surface area contributed by atoms with Crippen molar-refractivity contribution < 1.29 is 32.8 Å². The van der Waals surface area contributed by atoms with Crippen molar-refractivity contribution in [3.8, 4) is 0 Å². The van der Waals surface area contributed by atoms with E-state index in [9.17, 15) is 14.3 Å². The summed E-state index contributed by atoms with van der Waals surface area (Å²) in [7, 11) is -4.28.